The zero-order chi connectivity index (χ0) is 15.8. The van der Waals surface area contributed by atoms with Gasteiger partial charge in [0.05, 0.1) is 0 Å². The molecule has 0 radical (unpaired) electrons. The summed E-state index contributed by atoms with van der Waals surface area (Å²) in [6, 6.07) is 0. The van der Waals surface area contributed by atoms with Crippen LogP contribution in [0, 0.1) is 0 Å². The molecule has 0 unspecified atom stereocenters. The number of hydrogen-bond donors (Lipinski definition) is 1. The summed E-state index contributed by atoms with van der Waals surface area (Å²) in [4.78, 5) is 18.6. The fourth-order valence-electron chi connectivity index (χ4n) is 2.02. The van der Waals surface area contributed by atoms with Gasteiger partial charge in [-0.25, -0.2) is 0 Å². The molecule has 0 aromatic carbocycles. The lowest BCUT2D eigenvalue weighted by molar-refractivity contribution is -0.132. The molecule has 0 saturated carbocycles. The van der Waals surface area contributed by atoms with Crippen LogP contribution in [0.3, 0.4) is 0 Å². The Hall–Kier alpha value is -0.650. The van der Waals surface area contributed by atoms with Crippen molar-refractivity contribution < 1.29 is 4.79 Å². The zero-order valence-corrected chi connectivity index (χ0v) is 14.3. The van der Waals surface area contributed by atoms with E-state index < -0.39 is 5.54 Å². The summed E-state index contributed by atoms with van der Waals surface area (Å²) in [6.07, 6.45) is 2.42. The summed E-state index contributed by atoms with van der Waals surface area (Å²) in [5.74, 6) is 0.176. The first kappa shape index (κ1) is 19.4. The Morgan fingerprint density at radius 3 is 1.60 bits per heavy atom. The van der Waals surface area contributed by atoms with Crippen molar-refractivity contribution in [1.29, 1.82) is 0 Å². The van der Waals surface area contributed by atoms with Crippen molar-refractivity contribution in [3.05, 3.63) is 0 Å². The average Bonchev–Trinajstić information content (AvgIpc) is 2.23. The van der Waals surface area contributed by atoms with Gasteiger partial charge in [0.2, 0.25) is 5.91 Å². The van der Waals surface area contributed by atoms with E-state index in [-0.39, 0.29) is 5.91 Å². The molecule has 0 saturated heterocycles. The van der Waals surface area contributed by atoms with Crippen LogP contribution < -0.4 is 5.73 Å². The smallest absolute Gasteiger partial charge is 0.224 e. The van der Waals surface area contributed by atoms with Crippen molar-refractivity contribution in [2.24, 2.45) is 5.73 Å². The normalized spacial score (nSPS) is 12.2. The van der Waals surface area contributed by atoms with Crippen LogP contribution in [-0.2, 0) is 4.79 Å². The molecule has 1 amide bonds. The predicted octanol–water partition coefficient (Wildman–Crippen LogP) is 0.846. The van der Waals surface area contributed by atoms with Crippen molar-refractivity contribution in [1.82, 2.24) is 14.7 Å². The van der Waals surface area contributed by atoms with Crippen LogP contribution in [0.5, 0.6) is 0 Å². The Bertz CT molecular complexity index is 258. The zero-order valence-electron chi connectivity index (χ0n) is 14.3. The third-order valence-electron chi connectivity index (χ3n) is 3.03. The minimum absolute atomic E-state index is 0.176. The first-order valence-electron chi connectivity index (χ1n) is 7.48. The van der Waals surface area contributed by atoms with E-state index in [1.54, 1.807) is 0 Å². The molecule has 5 heteroatoms. The van der Waals surface area contributed by atoms with E-state index in [1.165, 1.54) is 0 Å². The molecule has 0 atom stereocenters. The van der Waals surface area contributed by atoms with Crippen molar-refractivity contribution in [3.63, 3.8) is 0 Å². The second-order valence-electron chi connectivity index (χ2n) is 6.86. The van der Waals surface area contributed by atoms with Gasteiger partial charge >= 0.3 is 0 Å². The largest absolute Gasteiger partial charge is 0.343 e. The Kier molecular flexibility index (Phi) is 9.01. The van der Waals surface area contributed by atoms with Gasteiger partial charge in [0.15, 0.2) is 0 Å². The molecule has 0 spiro atoms. The average molecular weight is 286 g/mol. The van der Waals surface area contributed by atoms with Gasteiger partial charge in [-0.2, -0.15) is 0 Å². The third kappa shape index (κ3) is 11.2. The monoisotopic (exact) mass is 286 g/mol. The van der Waals surface area contributed by atoms with Crippen LogP contribution in [0.15, 0.2) is 0 Å². The van der Waals surface area contributed by atoms with Crippen molar-refractivity contribution in [2.45, 2.75) is 38.6 Å². The van der Waals surface area contributed by atoms with Crippen molar-refractivity contribution >= 4 is 5.91 Å². The standard InChI is InChI=1S/C15H34N4O/c1-15(2,16)13-14(20)19(11-7-9-17(3)4)12-8-10-18(5)6/h7-13,16H2,1-6H3. The molecular weight excluding hydrogens is 252 g/mol. The highest BCUT2D eigenvalue weighted by atomic mass is 16.2. The minimum atomic E-state index is -0.432. The van der Waals surface area contributed by atoms with Crippen LogP contribution in [0.1, 0.15) is 33.1 Å². The maximum absolute atomic E-state index is 12.3. The molecule has 2 N–H and O–H groups in total. The summed E-state index contributed by atoms with van der Waals surface area (Å²) in [5.41, 5.74) is 5.53. The fraction of sp³-hybridized carbons (Fsp3) is 0.933. The highest BCUT2D eigenvalue weighted by Gasteiger charge is 2.21. The number of nitrogens with two attached hydrogens (primary N) is 1. The Balaban J connectivity index is 4.33. The summed E-state index contributed by atoms with van der Waals surface area (Å²) in [5, 5.41) is 0. The van der Waals surface area contributed by atoms with Gasteiger partial charge in [0.1, 0.15) is 0 Å². The Morgan fingerprint density at radius 2 is 1.30 bits per heavy atom. The highest BCUT2D eigenvalue weighted by Crippen LogP contribution is 2.08. The number of carbonyl (C=O) groups excluding carboxylic acids is 1. The van der Waals surface area contributed by atoms with Gasteiger partial charge in [-0.3, -0.25) is 4.79 Å². The number of rotatable bonds is 10. The molecule has 0 aliphatic carbocycles. The molecule has 5 nitrogen and oxygen atoms in total. The van der Waals surface area contributed by atoms with Gasteiger partial charge in [-0.1, -0.05) is 0 Å². The van der Waals surface area contributed by atoms with E-state index in [0.717, 1.165) is 39.0 Å². The van der Waals surface area contributed by atoms with Gasteiger partial charge in [0.25, 0.3) is 0 Å². The minimum Gasteiger partial charge on any atom is -0.343 e. The molecule has 0 rings (SSSR count). The molecule has 0 bridgehead atoms. The van der Waals surface area contributed by atoms with Gasteiger partial charge in [-0.15, -0.1) is 0 Å². The van der Waals surface area contributed by atoms with Crippen LogP contribution in [0.25, 0.3) is 0 Å². The first-order valence-corrected chi connectivity index (χ1v) is 7.48. The molecule has 20 heavy (non-hydrogen) atoms. The van der Waals surface area contributed by atoms with Crippen molar-refractivity contribution in [3.8, 4) is 0 Å². The van der Waals surface area contributed by atoms with Gasteiger partial charge in [-0.05, 0) is 68.0 Å². The van der Waals surface area contributed by atoms with E-state index in [9.17, 15) is 4.79 Å². The van der Waals surface area contributed by atoms with Crippen LogP contribution in [0.2, 0.25) is 0 Å². The number of amides is 1. The van der Waals surface area contributed by atoms with E-state index in [4.69, 9.17) is 5.73 Å². The van der Waals surface area contributed by atoms with Gasteiger partial charge in [0, 0.05) is 25.0 Å². The molecule has 0 fully saturated rings. The summed E-state index contributed by atoms with van der Waals surface area (Å²) in [6.45, 7) is 7.46. The SMILES string of the molecule is CN(C)CCCN(CCCN(C)C)C(=O)CC(C)(C)N. The van der Waals surface area contributed by atoms with Crippen LogP contribution >= 0.6 is 0 Å². The topological polar surface area (TPSA) is 52.8 Å². The molecule has 0 aromatic heterocycles. The summed E-state index contributed by atoms with van der Waals surface area (Å²) in [7, 11) is 8.23. The summed E-state index contributed by atoms with van der Waals surface area (Å²) >= 11 is 0. The summed E-state index contributed by atoms with van der Waals surface area (Å²) < 4.78 is 0. The van der Waals surface area contributed by atoms with Crippen molar-refractivity contribution in [2.75, 3.05) is 54.4 Å². The van der Waals surface area contributed by atoms with E-state index >= 15 is 0 Å². The molecule has 0 aliphatic rings. The maximum atomic E-state index is 12.3. The second kappa shape index (κ2) is 9.32. The fourth-order valence-corrected chi connectivity index (χ4v) is 2.02. The van der Waals surface area contributed by atoms with Crippen LogP contribution in [0.4, 0.5) is 0 Å². The third-order valence-corrected chi connectivity index (χ3v) is 3.03. The highest BCUT2D eigenvalue weighted by molar-refractivity contribution is 5.77. The second-order valence-corrected chi connectivity index (χ2v) is 6.86. The predicted molar refractivity (Wildman–Crippen MR) is 85.8 cm³/mol. The van der Waals surface area contributed by atoms with Crippen LogP contribution in [-0.4, -0.2) is 80.5 Å². The molecule has 120 valence electrons. The van der Waals surface area contributed by atoms with E-state index in [1.807, 2.05) is 18.7 Å². The molecule has 0 aromatic rings. The quantitative estimate of drug-likeness (QED) is 0.647. The molecule has 0 heterocycles. The number of hydrogen-bond acceptors (Lipinski definition) is 4. The van der Waals surface area contributed by atoms with E-state index in [2.05, 4.69) is 38.0 Å². The maximum Gasteiger partial charge on any atom is 0.224 e. The lowest BCUT2D eigenvalue weighted by atomic mass is 10.0. The Labute approximate surface area is 125 Å². The Morgan fingerprint density at radius 1 is 0.900 bits per heavy atom. The van der Waals surface area contributed by atoms with E-state index in [0.29, 0.717) is 6.42 Å². The lowest BCUT2D eigenvalue weighted by Crippen LogP contribution is -2.42. The number of nitrogens with zero attached hydrogens (tertiary/aromatic N) is 3. The van der Waals surface area contributed by atoms with Gasteiger partial charge < -0.3 is 20.4 Å². The number of carbonyl (C=O) groups is 1. The first-order chi connectivity index (χ1) is 9.11. The molecular formula is C15H34N4O. The lowest BCUT2D eigenvalue weighted by Gasteiger charge is -2.27. The molecule has 0 aliphatic heterocycles.